The molecule has 0 aliphatic carbocycles. The van der Waals surface area contributed by atoms with Crippen molar-refractivity contribution in [3.05, 3.63) is 52.5 Å². The van der Waals surface area contributed by atoms with Crippen LogP contribution in [0, 0.1) is 0 Å². The summed E-state index contributed by atoms with van der Waals surface area (Å²) < 4.78 is 15.9. The molecule has 0 amide bonds. The van der Waals surface area contributed by atoms with Gasteiger partial charge in [0, 0.05) is 16.3 Å². The summed E-state index contributed by atoms with van der Waals surface area (Å²) in [5.74, 6) is 0.410. The van der Waals surface area contributed by atoms with E-state index in [0.29, 0.717) is 27.6 Å². The number of anilines is 1. The van der Waals surface area contributed by atoms with E-state index < -0.39 is 12.2 Å². The molecule has 0 aromatic heterocycles. The van der Waals surface area contributed by atoms with Crippen LogP contribution in [0.25, 0.3) is 0 Å². The second-order valence-corrected chi connectivity index (χ2v) is 5.14. The molecular weight excluding hydrogens is 306 g/mol. The van der Waals surface area contributed by atoms with Crippen LogP contribution in [0.3, 0.4) is 0 Å². The van der Waals surface area contributed by atoms with Crippen LogP contribution in [0.5, 0.6) is 11.5 Å². The maximum atomic E-state index is 12.2. The number of nitrogens with one attached hydrogen (secondary N) is 1. The fourth-order valence-corrected chi connectivity index (χ4v) is 2.63. The molecule has 5 nitrogen and oxygen atoms in total. The first-order valence-electron chi connectivity index (χ1n) is 6.62. The number of hydrogen-bond acceptors (Lipinski definition) is 5. The van der Waals surface area contributed by atoms with Crippen molar-refractivity contribution in [2.45, 2.75) is 6.23 Å². The van der Waals surface area contributed by atoms with Gasteiger partial charge in [-0.05, 0) is 30.3 Å². The first-order valence-corrected chi connectivity index (χ1v) is 7.00. The second kappa shape index (κ2) is 5.77. The number of methoxy groups -OCH3 is 2. The van der Waals surface area contributed by atoms with Gasteiger partial charge < -0.3 is 19.5 Å². The molecular formula is C16H14ClNO4. The van der Waals surface area contributed by atoms with Crippen molar-refractivity contribution >= 4 is 23.3 Å². The van der Waals surface area contributed by atoms with Gasteiger partial charge in [0.15, 0.2) is 11.5 Å². The van der Waals surface area contributed by atoms with E-state index in [-0.39, 0.29) is 0 Å². The van der Waals surface area contributed by atoms with E-state index in [4.69, 9.17) is 25.8 Å². The van der Waals surface area contributed by atoms with Gasteiger partial charge in [-0.25, -0.2) is 4.79 Å². The molecule has 1 atom stereocenters. The van der Waals surface area contributed by atoms with Crippen LogP contribution in [0.2, 0.25) is 5.02 Å². The summed E-state index contributed by atoms with van der Waals surface area (Å²) in [6, 6.07) is 10.7. The summed E-state index contributed by atoms with van der Waals surface area (Å²) in [5.41, 5.74) is 1.83. The number of halogens is 1. The Bertz CT molecular complexity index is 732. The summed E-state index contributed by atoms with van der Waals surface area (Å²) in [6.45, 7) is 0. The zero-order valence-corrected chi connectivity index (χ0v) is 12.8. The molecule has 6 heteroatoms. The normalized spacial score (nSPS) is 16.0. The highest BCUT2D eigenvalue weighted by Gasteiger charge is 2.35. The smallest absolute Gasteiger partial charge is 0.344 e. The quantitative estimate of drug-likeness (QED) is 0.872. The zero-order valence-electron chi connectivity index (χ0n) is 12.1. The van der Waals surface area contributed by atoms with Crippen molar-refractivity contribution in [1.82, 2.24) is 0 Å². The third kappa shape index (κ3) is 2.44. The van der Waals surface area contributed by atoms with Gasteiger partial charge in [-0.15, -0.1) is 0 Å². The highest BCUT2D eigenvalue weighted by atomic mass is 35.5. The van der Waals surface area contributed by atoms with Crippen molar-refractivity contribution < 1.29 is 19.0 Å². The standard InChI is InChI=1S/C16H14ClNO4/c1-20-12-7-6-11-13(14(12)21-2)16(19)22-15(11)18-10-5-3-4-9(17)8-10/h3-8,15,18H,1-2H3/t15-/m1/s1. The molecule has 114 valence electrons. The molecule has 3 rings (SSSR count). The van der Waals surface area contributed by atoms with Crippen molar-refractivity contribution in [2.75, 3.05) is 19.5 Å². The molecule has 2 aromatic rings. The minimum absolute atomic E-state index is 0.375. The molecule has 0 saturated heterocycles. The van der Waals surface area contributed by atoms with Crippen molar-refractivity contribution in [3.8, 4) is 11.5 Å². The molecule has 0 fully saturated rings. The van der Waals surface area contributed by atoms with E-state index in [2.05, 4.69) is 5.32 Å². The average Bonchev–Trinajstić information content (AvgIpc) is 2.82. The van der Waals surface area contributed by atoms with E-state index in [1.54, 1.807) is 24.3 Å². The van der Waals surface area contributed by atoms with E-state index in [0.717, 1.165) is 5.69 Å². The molecule has 0 saturated carbocycles. The maximum absolute atomic E-state index is 12.2. The maximum Gasteiger partial charge on any atom is 0.344 e. The highest BCUT2D eigenvalue weighted by Crippen LogP contribution is 2.42. The van der Waals surface area contributed by atoms with Gasteiger partial charge in [0.25, 0.3) is 0 Å². The van der Waals surface area contributed by atoms with Crippen molar-refractivity contribution in [1.29, 1.82) is 0 Å². The fourth-order valence-electron chi connectivity index (χ4n) is 2.44. The Balaban J connectivity index is 1.98. The number of carbonyl (C=O) groups is 1. The van der Waals surface area contributed by atoms with Crippen LogP contribution in [0.1, 0.15) is 22.1 Å². The molecule has 0 spiro atoms. The predicted octanol–water partition coefficient (Wildman–Crippen LogP) is 3.64. The molecule has 0 bridgehead atoms. The minimum atomic E-state index is -0.597. The Hall–Kier alpha value is -2.40. The monoisotopic (exact) mass is 319 g/mol. The van der Waals surface area contributed by atoms with Crippen molar-refractivity contribution in [3.63, 3.8) is 0 Å². The van der Waals surface area contributed by atoms with Gasteiger partial charge in [-0.2, -0.15) is 0 Å². The van der Waals surface area contributed by atoms with Gasteiger partial charge in [0.05, 0.1) is 14.2 Å². The van der Waals surface area contributed by atoms with Crippen LogP contribution >= 0.6 is 11.6 Å². The molecule has 1 heterocycles. The lowest BCUT2D eigenvalue weighted by Gasteiger charge is -2.15. The summed E-state index contributed by atoms with van der Waals surface area (Å²) >= 11 is 5.96. The molecule has 22 heavy (non-hydrogen) atoms. The van der Waals surface area contributed by atoms with Crippen LogP contribution in [0.4, 0.5) is 5.69 Å². The lowest BCUT2D eigenvalue weighted by atomic mass is 10.1. The van der Waals surface area contributed by atoms with Crippen LogP contribution < -0.4 is 14.8 Å². The van der Waals surface area contributed by atoms with Crippen LogP contribution in [-0.4, -0.2) is 20.2 Å². The Morgan fingerprint density at radius 1 is 1.18 bits per heavy atom. The third-order valence-corrected chi connectivity index (χ3v) is 3.65. The summed E-state index contributed by atoms with van der Waals surface area (Å²) in [7, 11) is 3.01. The summed E-state index contributed by atoms with van der Waals surface area (Å²) in [6.07, 6.45) is -0.597. The van der Waals surface area contributed by atoms with Gasteiger partial charge in [0.1, 0.15) is 5.56 Å². The minimum Gasteiger partial charge on any atom is -0.493 e. The van der Waals surface area contributed by atoms with Crippen LogP contribution in [-0.2, 0) is 4.74 Å². The fraction of sp³-hybridized carbons (Fsp3) is 0.188. The number of hydrogen-bond donors (Lipinski definition) is 1. The second-order valence-electron chi connectivity index (χ2n) is 4.71. The number of rotatable bonds is 4. The zero-order chi connectivity index (χ0) is 15.7. The van der Waals surface area contributed by atoms with E-state index in [1.807, 2.05) is 12.1 Å². The van der Waals surface area contributed by atoms with Crippen LogP contribution in [0.15, 0.2) is 36.4 Å². The van der Waals surface area contributed by atoms with E-state index >= 15 is 0 Å². The third-order valence-electron chi connectivity index (χ3n) is 3.41. The topological polar surface area (TPSA) is 56.8 Å². The van der Waals surface area contributed by atoms with E-state index in [1.165, 1.54) is 14.2 Å². The van der Waals surface area contributed by atoms with Gasteiger partial charge in [-0.3, -0.25) is 0 Å². The first-order chi connectivity index (χ1) is 10.6. The SMILES string of the molecule is COc1ccc2c(c1OC)C(=O)O[C@H]2Nc1cccc(Cl)c1. The number of fused-ring (bicyclic) bond motifs is 1. The number of carbonyl (C=O) groups excluding carboxylic acids is 1. The Kier molecular flexibility index (Phi) is 3.81. The average molecular weight is 320 g/mol. The number of benzene rings is 2. The first kappa shape index (κ1) is 14.5. The Morgan fingerprint density at radius 2 is 2.00 bits per heavy atom. The Labute approximate surface area is 132 Å². The molecule has 1 N–H and O–H groups in total. The molecule has 1 aliphatic heterocycles. The summed E-state index contributed by atoms with van der Waals surface area (Å²) in [4.78, 5) is 12.2. The number of ether oxygens (including phenoxy) is 3. The van der Waals surface area contributed by atoms with E-state index in [9.17, 15) is 4.79 Å². The Morgan fingerprint density at radius 3 is 2.68 bits per heavy atom. The molecule has 0 radical (unpaired) electrons. The van der Waals surface area contributed by atoms with Gasteiger partial charge >= 0.3 is 5.97 Å². The van der Waals surface area contributed by atoms with Gasteiger partial charge in [0.2, 0.25) is 6.23 Å². The highest BCUT2D eigenvalue weighted by molar-refractivity contribution is 6.30. The molecule has 1 aliphatic rings. The van der Waals surface area contributed by atoms with Crippen molar-refractivity contribution in [2.24, 2.45) is 0 Å². The number of esters is 1. The largest absolute Gasteiger partial charge is 0.493 e. The molecule has 2 aromatic carbocycles. The van der Waals surface area contributed by atoms with Gasteiger partial charge in [-0.1, -0.05) is 17.7 Å². The lowest BCUT2D eigenvalue weighted by Crippen LogP contribution is -2.10. The lowest BCUT2D eigenvalue weighted by molar-refractivity contribution is 0.0435. The predicted molar refractivity (Wildman–Crippen MR) is 82.8 cm³/mol. The number of cyclic esters (lactones) is 1. The molecule has 0 unspecified atom stereocenters. The summed E-state index contributed by atoms with van der Waals surface area (Å²) in [5, 5.41) is 3.73.